The van der Waals surface area contributed by atoms with E-state index in [4.69, 9.17) is 5.73 Å². The van der Waals surface area contributed by atoms with Crippen LogP contribution in [0.2, 0.25) is 0 Å². The van der Waals surface area contributed by atoms with Gasteiger partial charge in [0.1, 0.15) is 5.82 Å². The van der Waals surface area contributed by atoms with Crippen molar-refractivity contribution in [1.29, 1.82) is 0 Å². The van der Waals surface area contributed by atoms with E-state index in [1.165, 1.54) is 0 Å². The van der Waals surface area contributed by atoms with Crippen molar-refractivity contribution in [2.24, 2.45) is 5.73 Å². The number of nitrogens with two attached hydrogens (primary N) is 1. The smallest absolute Gasteiger partial charge is 0.168 e. The number of pyridine rings is 1. The van der Waals surface area contributed by atoms with Crippen LogP contribution in [0.5, 0.6) is 0 Å². The molecule has 1 saturated heterocycles. The van der Waals surface area contributed by atoms with Gasteiger partial charge in [0.2, 0.25) is 0 Å². The third-order valence-electron chi connectivity index (χ3n) is 2.80. The number of anilines is 1. The quantitative estimate of drug-likeness (QED) is 0.804. The maximum Gasteiger partial charge on any atom is 0.168 e. The highest BCUT2D eigenvalue weighted by molar-refractivity contribution is 5.45. The second kappa shape index (κ2) is 3.41. The third-order valence-corrected chi connectivity index (χ3v) is 2.80. The van der Waals surface area contributed by atoms with E-state index in [2.05, 4.69) is 4.98 Å². The third kappa shape index (κ3) is 1.79. The van der Waals surface area contributed by atoms with Crippen LogP contribution in [0.4, 0.5) is 14.6 Å². The lowest BCUT2D eigenvalue weighted by Gasteiger charge is -2.48. The van der Waals surface area contributed by atoms with Crippen LogP contribution in [-0.2, 0) is 0 Å². The molecule has 1 aliphatic heterocycles. The first-order chi connectivity index (χ1) is 7.04. The van der Waals surface area contributed by atoms with Gasteiger partial charge in [-0.25, -0.2) is 13.8 Å². The second-order valence-electron chi connectivity index (χ2n) is 4.03. The molecule has 15 heavy (non-hydrogen) atoms. The minimum absolute atomic E-state index is 0.186. The summed E-state index contributed by atoms with van der Waals surface area (Å²) in [6.45, 7) is 3.13. The van der Waals surface area contributed by atoms with Crippen LogP contribution >= 0.6 is 0 Å². The highest BCUT2D eigenvalue weighted by atomic mass is 19.1. The van der Waals surface area contributed by atoms with Gasteiger partial charge in [0.15, 0.2) is 11.6 Å². The topological polar surface area (TPSA) is 42.1 Å². The van der Waals surface area contributed by atoms with Crippen LogP contribution < -0.4 is 10.6 Å². The summed E-state index contributed by atoms with van der Waals surface area (Å²) in [5.41, 5.74) is 5.70. The molecule has 0 saturated carbocycles. The zero-order valence-electron chi connectivity index (χ0n) is 8.50. The molecule has 5 heteroatoms. The Labute approximate surface area is 86.9 Å². The Bertz CT molecular complexity index is 375. The van der Waals surface area contributed by atoms with E-state index in [1.807, 2.05) is 6.92 Å². The van der Waals surface area contributed by atoms with Gasteiger partial charge in [-0.15, -0.1) is 0 Å². The molecule has 1 fully saturated rings. The molecule has 2 N–H and O–H groups in total. The van der Waals surface area contributed by atoms with Crippen molar-refractivity contribution < 1.29 is 8.78 Å². The molecule has 0 atom stereocenters. The molecule has 0 bridgehead atoms. The number of hydrogen-bond acceptors (Lipinski definition) is 3. The Kier molecular flexibility index (Phi) is 2.34. The SMILES string of the molecule is CCC1(N)CN(c2ncc(F)cc2F)C1. The van der Waals surface area contributed by atoms with Crippen molar-refractivity contribution in [3.05, 3.63) is 23.9 Å². The lowest BCUT2D eigenvalue weighted by Crippen LogP contribution is -2.67. The fraction of sp³-hybridized carbons (Fsp3) is 0.500. The molecular weight excluding hydrogens is 200 g/mol. The molecule has 3 nitrogen and oxygen atoms in total. The standard InChI is InChI=1S/C10H13F2N3/c1-2-10(13)5-15(6-10)9-8(12)3-7(11)4-14-9/h3-4H,2,5-6,13H2,1H3. The molecule has 0 unspecified atom stereocenters. The van der Waals surface area contributed by atoms with Crippen LogP contribution in [0.1, 0.15) is 13.3 Å². The summed E-state index contributed by atoms with van der Waals surface area (Å²) in [7, 11) is 0. The number of nitrogens with zero attached hydrogens (tertiary/aromatic N) is 2. The van der Waals surface area contributed by atoms with Gasteiger partial charge < -0.3 is 10.6 Å². The average Bonchev–Trinajstić information content (AvgIpc) is 2.14. The predicted molar refractivity (Wildman–Crippen MR) is 53.6 cm³/mol. The summed E-state index contributed by atoms with van der Waals surface area (Å²) in [5, 5.41) is 0. The number of hydrogen-bond donors (Lipinski definition) is 1. The van der Waals surface area contributed by atoms with Gasteiger partial charge in [-0.3, -0.25) is 0 Å². The van der Waals surface area contributed by atoms with Crippen LogP contribution in [0.25, 0.3) is 0 Å². The molecule has 0 aliphatic carbocycles. The van der Waals surface area contributed by atoms with E-state index in [9.17, 15) is 8.78 Å². The van der Waals surface area contributed by atoms with Crippen molar-refractivity contribution in [1.82, 2.24) is 4.98 Å². The fourth-order valence-corrected chi connectivity index (χ4v) is 1.73. The summed E-state index contributed by atoms with van der Waals surface area (Å²) >= 11 is 0. The lowest BCUT2D eigenvalue weighted by atomic mass is 9.88. The molecule has 0 amide bonds. The Morgan fingerprint density at radius 1 is 1.53 bits per heavy atom. The Morgan fingerprint density at radius 2 is 2.20 bits per heavy atom. The van der Waals surface area contributed by atoms with E-state index >= 15 is 0 Å². The summed E-state index contributed by atoms with van der Waals surface area (Å²) in [6, 6.07) is 0.838. The van der Waals surface area contributed by atoms with Crippen LogP contribution in [0.15, 0.2) is 12.3 Å². The van der Waals surface area contributed by atoms with E-state index in [0.717, 1.165) is 18.7 Å². The van der Waals surface area contributed by atoms with Gasteiger partial charge in [-0.05, 0) is 6.42 Å². The Hall–Kier alpha value is -1.23. The minimum atomic E-state index is -0.661. The van der Waals surface area contributed by atoms with Crippen molar-refractivity contribution in [2.75, 3.05) is 18.0 Å². The molecule has 0 radical (unpaired) electrons. The molecular formula is C10H13F2N3. The first-order valence-corrected chi connectivity index (χ1v) is 4.89. The normalized spacial score (nSPS) is 18.8. The van der Waals surface area contributed by atoms with Crippen LogP contribution in [-0.4, -0.2) is 23.6 Å². The Balaban J connectivity index is 2.13. The first-order valence-electron chi connectivity index (χ1n) is 4.89. The molecule has 1 aliphatic rings. The zero-order valence-corrected chi connectivity index (χ0v) is 8.50. The highest BCUT2D eigenvalue weighted by Gasteiger charge is 2.39. The van der Waals surface area contributed by atoms with Crippen molar-refractivity contribution in [2.45, 2.75) is 18.9 Å². The van der Waals surface area contributed by atoms with E-state index in [-0.39, 0.29) is 11.4 Å². The first kappa shape index (κ1) is 10.3. The van der Waals surface area contributed by atoms with Gasteiger partial charge in [-0.1, -0.05) is 6.92 Å². The van der Waals surface area contributed by atoms with Gasteiger partial charge in [-0.2, -0.15) is 0 Å². The summed E-state index contributed by atoms with van der Waals surface area (Å²) in [6.07, 6.45) is 1.85. The highest BCUT2D eigenvalue weighted by Crippen LogP contribution is 2.28. The molecule has 0 aromatic carbocycles. The number of halogens is 2. The van der Waals surface area contributed by atoms with Crippen LogP contribution in [0.3, 0.4) is 0 Å². The van der Waals surface area contributed by atoms with Gasteiger partial charge in [0, 0.05) is 19.2 Å². The average molecular weight is 213 g/mol. The molecule has 82 valence electrons. The molecule has 1 aromatic heterocycles. The van der Waals surface area contributed by atoms with Crippen LogP contribution in [0, 0.1) is 11.6 Å². The largest absolute Gasteiger partial charge is 0.350 e. The van der Waals surface area contributed by atoms with E-state index < -0.39 is 11.6 Å². The molecule has 1 aromatic rings. The van der Waals surface area contributed by atoms with Crippen molar-refractivity contribution in [3.8, 4) is 0 Å². The molecule has 2 heterocycles. The Morgan fingerprint density at radius 3 is 2.73 bits per heavy atom. The van der Waals surface area contributed by atoms with Gasteiger partial charge in [0.05, 0.1) is 11.7 Å². The maximum atomic E-state index is 13.3. The molecule has 0 spiro atoms. The second-order valence-corrected chi connectivity index (χ2v) is 4.03. The number of rotatable bonds is 2. The lowest BCUT2D eigenvalue weighted by molar-refractivity contribution is 0.316. The van der Waals surface area contributed by atoms with Gasteiger partial charge >= 0.3 is 0 Å². The monoisotopic (exact) mass is 213 g/mol. The minimum Gasteiger partial charge on any atom is -0.350 e. The maximum absolute atomic E-state index is 13.3. The molecule has 2 rings (SSSR count). The van der Waals surface area contributed by atoms with Crippen molar-refractivity contribution in [3.63, 3.8) is 0 Å². The van der Waals surface area contributed by atoms with E-state index in [1.54, 1.807) is 4.90 Å². The summed E-state index contributed by atoms with van der Waals surface area (Å²) in [4.78, 5) is 5.44. The zero-order chi connectivity index (χ0) is 11.1. The fourth-order valence-electron chi connectivity index (χ4n) is 1.73. The van der Waals surface area contributed by atoms with Crippen molar-refractivity contribution >= 4 is 5.82 Å². The summed E-state index contributed by atoms with van der Waals surface area (Å²) in [5.74, 6) is -1.11. The number of aromatic nitrogens is 1. The van der Waals surface area contributed by atoms with E-state index in [0.29, 0.717) is 13.1 Å². The summed E-state index contributed by atoms with van der Waals surface area (Å²) < 4.78 is 25.9. The van der Waals surface area contributed by atoms with Gasteiger partial charge in [0.25, 0.3) is 0 Å². The predicted octanol–water partition coefficient (Wildman–Crippen LogP) is 1.29.